The summed E-state index contributed by atoms with van der Waals surface area (Å²) in [6.45, 7) is 0. The minimum Gasteiger partial charge on any atom is -0.350 e. The normalized spacial score (nSPS) is 21.2. The van der Waals surface area contributed by atoms with Crippen molar-refractivity contribution in [3.63, 3.8) is 0 Å². The first-order chi connectivity index (χ1) is 5.83. The van der Waals surface area contributed by atoms with Crippen LogP contribution < -0.4 is 5.23 Å². The minimum atomic E-state index is -0.494. The van der Waals surface area contributed by atoms with Crippen molar-refractivity contribution in [3.05, 3.63) is 29.8 Å². The van der Waals surface area contributed by atoms with Crippen molar-refractivity contribution in [2.45, 2.75) is 6.29 Å². The fourth-order valence-corrected chi connectivity index (χ4v) is 1.24. The van der Waals surface area contributed by atoms with Gasteiger partial charge in [0.05, 0.1) is 0 Å². The summed E-state index contributed by atoms with van der Waals surface area (Å²) in [7, 11) is 1.53. The molecule has 1 aliphatic rings. The van der Waals surface area contributed by atoms with E-state index in [-0.39, 0.29) is 0 Å². The molecule has 1 unspecified atom stereocenters. The van der Waals surface area contributed by atoms with Gasteiger partial charge in [-0.05, 0) is 6.07 Å². The zero-order valence-corrected chi connectivity index (χ0v) is 6.60. The van der Waals surface area contributed by atoms with E-state index in [2.05, 4.69) is 0 Å². The summed E-state index contributed by atoms with van der Waals surface area (Å²) < 4.78 is 4.98. The number of ether oxygens (including phenoxy) is 1. The molecule has 1 aromatic carbocycles. The predicted octanol–water partition coefficient (Wildman–Crippen LogP) is 1.47. The average molecular weight is 167 g/mol. The van der Waals surface area contributed by atoms with E-state index in [4.69, 9.17) is 9.57 Å². The Labute approximate surface area is 69.8 Å². The van der Waals surface area contributed by atoms with E-state index in [1.807, 2.05) is 18.2 Å². The molecule has 1 heterocycles. The van der Waals surface area contributed by atoms with Crippen LogP contribution in [0.1, 0.15) is 11.9 Å². The first-order valence-electron chi connectivity index (χ1n) is 3.60. The summed E-state index contributed by atoms with van der Waals surface area (Å²) >= 11 is 0. The van der Waals surface area contributed by atoms with Crippen LogP contribution in [0.2, 0.25) is 0 Å². The topological polar surface area (TPSA) is 41.9 Å². The van der Waals surface area contributed by atoms with E-state index in [0.29, 0.717) is 5.69 Å². The van der Waals surface area contributed by atoms with Crippen LogP contribution in [0.25, 0.3) is 0 Å². The highest BCUT2D eigenvalue weighted by Gasteiger charge is 2.28. The third-order valence-electron chi connectivity index (χ3n) is 1.81. The van der Waals surface area contributed by atoms with Gasteiger partial charge in [0.1, 0.15) is 5.69 Å². The van der Waals surface area contributed by atoms with E-state index in [9.17, 15) is 5.21 Å². The molecule has 0 fully saturated rings. The van der Waals surface area contributed by atoms with Crippen molar-refractivity contribution in [1.82, 2.24) is 0 Å². The van der Waals surface area contributed by atoms with E-state index < -0.39 is 6.29 Å². The van der Waals surface area contributed by atoms with Crippen molar-refractivity contribution < 1.29 is 14.8 Å². The molecule has 0 bridgehead atoms. The number of anilines is 1. The molecule has 64 valence electrons. The Kier molecular flexibility index (Phi) is 1.73. The standard InChI is InChI=1S/C8H9NO3/c1-11-8-6-4-2-3-5-7(6)9(10)12-8/h2-5,8,10H,1H3. The number of methoxy groups -OCH3 is 1. The van der Waals surface area contributed by atoms with E-state index in [1.165, 1.54) is 7.11 Å². The van der Waals surface area contributed by atoms with Crippen molar-refractivity contribution in [2.24, 2.45) is 0 Å². The molecule has 0 saturated carbocycles. The van der Waals surface area contributed by atoms with Crippen LogP contribution in [0.5, 0.6) is 0 Å². The zero-order chi connectivity index (χ0) is 8.55. The summed E-state index contributed by atoms with van der Waals surface area (Å²) in [5, 5.41) is 9.94. The van der Waals surface area contributed by atoms with Crippen LogP contribution in [0, 0.1) is 0 Å². The largest absolute Gasteiger partial charge is 0.350 e. The second kappa shape index (κ2) is 2.75. The van der Waals surface area contributed by atoms with Gasteiger partial charge in [-0.2, -0.15) is 0 Å². The van der Waals surface area contributed by atoms with Crippen molar-refractivity contribution in [1.29, 1.82) is 0 Å². The van der Waals surface area contributed by atoms with Crippen LogP contribution >= 0.6 is 0 Å². The quantitative estimate of drug-likeness (QED) is 0.687. The maximum Gasteiger partial charge on any atom is 0.214 e. The van der Waals surface area contributed by atoms with E-state index in [1.54, 1.807) is 6.07 Å². The Bertz CT molecular complexity index is 289. The van der Waals surface area contributed by atoms with Crippen LogP contribution in [0.3, 0.4) is 0 Å². The molecule has 0 radical (unpaired) electrons. The smallest absolute Gasteiger partial charge is 0.214 e. The molecule has 4 heteroatoms. The van der Waals surface area contributed by atoms with Gasteiger partial charge in [-0.15, -0.1) is 5.23 Å². The highest BCUT2D eigenvalue weighted by molar-refractivity contribution is 5.52. The number of hydrogen-bond acceptors (Lipinski definition) is 4. The number of rotatable bonds is 1. The fraction of sp³-hybridized carbons (Fsp3) is 0.250. The van der Waals surface area contributed by atoms with Gasteiger partial charge in [0.2, 0.25) is 6.29 Å². The summed E-state index contributed by atoms with van der Waals surface area (Å²) in [6, 6.07) is 7.30. The Morgan fingerprint density at radius 1 is 1.50 bits per heavy atom. The average Bonchev–Trinajstić information content (AvgIpc) is 2.44. The molecule has 1 aliphatic heterocycles. The van der Waals surface area contributed by atoms with Gasteiger partial charge in [-0.1, -0.05) is 18.2 Å². The van der Waals surface area contributed by atoms with Gasteiger partial charge in [0.25, 0.3) is 0 Å². The highest BCUT2D eigenvalue weighted by atomic mass is 16.9. The molecule has 0 aliphatic carbocycles. The predicted molar refractivity (Wildman–Crippen MR) is 41.5 cm³/mol. The van der Waals surface area contributed by atoms with Crippen LogP contribution in [-0.4, -0.2) is 12.3 Å². The second-order valence-electron chi connectivity index (χ2n) is 2.50. The molecular weight excluding hydrogens is 158 g/mol. The third kappa shape index (κ3) is 0.972. The first-order valence-corrected chi connectivity index (χ1v) is 3.60. The summed E-state index contributed by atoms with van der Waals surface area (Å²) in [4.78, 5) is 4.95. The lowest BCUT2D eigenvalue weighted by Gasteiger charge is -2.08. The van der Waals surface area contributed by atoms with Crippen LogP contribution in [0.4, 0.5) is 5.69 Å². The van der Waals surface area contributed by atoms with Gasteiger partial charge < -0.3 is 4.74 Å². The fourth-order valence-electron chi connectivity index (χ4n) is 1.24. The third-order valence-corrected chi connectivity index (χ3v) is 1.81. The van der Waals surface area contributed by atoms with E-state index in [0.717, 1.165) is 10.8 Å². The van der Waals surface area contributed by atoms with E-state index >= 15 is 0 Å². The number of fused-ring (bicyclic) bond motifs is 1. The maximum atomic E-state index is 9.21. The van der Waals surface area contributed by atoms with Crippen LogP contribution in [-0.2, 0) is 9.57 Å². The van der Waals surface area contributed by atoms with Crippen LogP contribution in [0.15, 0.2) is 24.3 Å². The lowest BCUT2D eigenvalue weighted by Crippen LogP contribution is -2.13. The van der Waals surface area contributed by atoms with Gasteiger partial charge in [-0.25, -0.2) is 4.84 Å². The lowest BCUT2D eigenvalue weighted by molar-refractivity contribution is -0.174. The summed E-state index contributed by atoms with van der Waals surface area (Å²) in [6.07, 6.45) is -0.494. The van der Waals surface area contributed by atoms with Crippen molar-refractivity contribution >= 4 is 5.69 Å². The van der Waals surface area contributed by atoms with Crippen molar-refractivity contribution in [2.75, 3.05) is 12.3 Å². The molecule has 12 heavy (non-hydrogen) atoms. The summed E-state index contributed by atoms with van der Waals surface area (Å²) in [5.41, 5.74) is 1.46. The minimum absolute atomic E-state index is 0.494. The monoisotopic (exact) mass is 167 g/mol. The maximum absolute atomic E-state index is 9.21. The molecular formula is C8H9NO3. The van der Waals surface area contributed by atoms with Gasteiger partial charge >= 0.3 is 0 Å². The summed E-state index contributed by atoms with van der Waals surface area (Å²) in [5.74, 6) is 0. The van der Waals surface area contributed by atoms with Gasteiger partial charge in [-0.3, -0.25) is 5.21 Å². The van der Waals surface area contributed by atoms with Gasteiger partial charge in [0, 0.05) is 12.7 Å². The number of hydrogen-bond donors (Lipinski definition) is 1. The molecule has 4 nitrogen and oxygen atoms in total. The lowest BCUT2D eigenvalue weighted by atomic mass is 10.2. The van der Waals surface area contributed by atoms with Crippen molar-refractivity contribution in [3.8, 4) is 0 Å². The highest BCUT2D eigenvalue weighted by Crippen LogP contribution is 2.35. The Balaban J connectivity index is 2.43. The first kappa shape index (κ1) is 7.54. The Morgan fingerprint density at radius 3 is 3.00 bits per heavy atom. The molecule has 1 N–H and O–H groups in total. The molecule has 1 atom stereocenters. The molecule has 2 rings (SSSR count). The zero-order valence-electron chi connectivity index (χ0n) is 6.60. The molecule has 1 aromatic rings. The molecule has 0 amide bonds. The number of benzene rings is 1. The second-order valence-corrected chi connectivity index (χ2v) is 2.50. The molecule has 0 aromatic heterocycles. The SMILES string of the molecule is COC1ON(O)c2ccccc21. The Hall–Kier alpha value is -1.10. The Morgan fingerprint density at radius 2 is 2.25 bits per heavy atom. The van der Waals surface area contributed by atoms with Gasteiger partial charge in [0.15, 0.2) is 0 Å². The number of nitrogens with zero attached hydrogens (tertiary/aromatic N) is 1. The molecule has 0 saturated heterocycles. The number of para-hydroxylation sites is 1. The molecule has 0 spiro atoms.